The summed E-state index contributed by atoms with van der Waals surface area (Å²) in [5.74, 6) is 1.53. The van der Waals surface area contributed by atoms with Gasteiger partial charge in [-0.2, -0.15) is 0 Å². The Hall–Kier alpha value is -1.14. The molecule has 1 atom stereocenters. The number of halogens is 1. The van der Waals surface area contributed by atoms with Crippen LogP contribution in [0.3, 0.4) is 0 Å². The zero-order valence-corrected chi connectivity index (χ0v) is 13.2. The number of hydrogen-bond donors (Lipinski definition) is 1. The van der Waals surface area contributed by atoms with Crippen LogP contribution in [0.1, 0.15) is 27.4 Å². The third-order valence-electron chi connectivity index (χ3n) is 2.83. The van der Waals surface area contributed by atoms with Crippen molar-refractivity contribution in [1.29, 1.82) is 0 Å². The summed E-state index contributed by atoms with van der Waals surface area (Å²) >= 11 is 9.37. The van der Waals surface area contributed by atoms with Crippen LogP contribution >= 0.6 is 34.3 Å². The molecule has 0 amide bonds. The first-order valence-corrected chi connectivity index (χ1v) is 8.23. The predicted octanol–water partition coefficient (Wildman–Crippen LogP) is 4.64. The van der Waals surface area contributed by atoms with Gasteiger partial charge >= 0.3 is 0 Å². The van der Waals surface area contributed by atoms with E-state index in [0.29, 0.717) is 12.4 Å². The van der Waals surface area contributed by atoms with Gasteiger partial charge in [0.05, 0.1) is 23.1 Å². The molecule has 3 rings (SSSR count). The minimum absolute atomic E-state index is 0.125. The van der Waals surface area contributed by atoms with Crippen LogP contribution in [-0.4, -0.2) is 4.98 Å². The molecule has 3 aromatic rings. The summed E-state index contributed by atoms with van der Waals surface area (Å²) < 4.78 is 6.30. The molecule has 1 N–H and O–H groups in total. The Kier molecular flexibility index (Phi) is 4.21. The molecule has 0 spiro atoms. The minimum Gasteiger partial charge on any atom is -0.445 e. The maximum absolute atomic E-state index is 6.05. The summed E-state index contributed by atoms with van der Waals surface area (Å²) in [6.45, 7) is 2.48. The molecule has 0 saturated heterocycles. The van der Waals surface area contributed by atoms with Crippen molar-refractivity contribution in [1.82, 2.24) is 10.3 Å². The van der Waals surface area contributed by atoms with Gasteiger partial charge in [-0.1, -0.05) is 17.7 Å². The highest BCUT2D eigenvalue weighted by atomic mass is 35.5. The van der Waals surface area contributed by atoms with Crippen LogP contribution in [0.2, 0.25) is 4.34 Å². The van der Waals surface area contributed by atoms with Crippen molar-refractivity contribution in [3.63, 3.8) is 0 Å². The molecule has 3 heterocycles. The summed E-state index contributed by atoms with van der Waals surface area (Å²) in [5.41, 5.74) is 0. The van der Waals surface area contributed by atoms with Crippen LogP contribution in [0.25, 0.3) is 0 Å². The second-order valence-electron chi connectivity index (χ2n) is 4.34. The Balaban J connectivity index is 1.79. The van der Waals surface area contributed by atoms with Gasteiger partial charge in [-0.15, -0.1) is 22.7 Å². The number of aromatic nitrogens is 1. The van der Waals surface area contributed by atoms with Crippen LogP contribution in [-0.2, 0) is 6.54 Å². The zero-order valence-electron chi connectivity index (χ0n) is 10.8. The summed E-state index contributed by atoms with van der Waals surface area (Å²) in [6, 6.07) is 8.29. The number of nitrogens with zero attached hydrogens (tertiary/aromatic N) is 1. The molecule has 20 heavy (non-hydrogen) atoms. The van der Waals surface area contributed by atoms with Crippen LogP contribution in [0.5, 0.6) is 0 Å². The van der Waals surface area contributed by atoms with Gasteiger partial charge in [0, 0.05) is 9.75 Å². The van der Waals surface area contributed by atoms with Crippen LogP contribution in [0.15, 0.2) is 40.3 Å². The highest BCUT2D eigenvalue weighted by Crippen LogP contribution is 2.33. The normalized spacial score (nSPS) is 12.7. The Morgan fingerprint density at radius 2 is 2.25 bits per heavy atom. The Morgan fingerprint density at radius 1 is 1.35 bits per heavy atom. The van der Waals surface area contributed by atoms with Crippen molar-refractivity contribution in [3.8, 4) is 0 Å². The minimum atomic E-state index is 0.125. The van der Waals surface area contributed by atoms with E-state index in [1.807, 2.05) is 13.0 Å². The van der Waals surface area contributed by atoms with Crippen molar-refractivity contribution in [2.75, 3.05) is 0 Å². The quantitative estimate of drug-likeness (QED) is 0.743. The maximum atomic E-state index is 6.05. The first-order valence-electron chi connectivity index (χ1n) is 6.15. The van der Waals surface area contributed by atoms with E-state index in [2.05, 4.69) is 33.9 Å². The number of rotatable bonds is 5. The molecule has 1 unspecified atom stereocenters. The molecule has 104 valence electrons. The molecule has 0 saturated carbocycles. The van der Waals surface area contributed by atoms with E-state index >= 15 is 0 Å². The third kappa shape index (κ3) is 3.12. The number of aryl methyl sites for hydroxylation is 1. The fraction of sp³-hybridized carbons (Fsp3) is 0.214. The lowest BCUT2D eigenvalue weighted by atomic mass is 10.2. The Bertz CT molecular complexity index is 675. The van der Waals surface area contributed by atoms with Gasteiger partial charge in [0.2, 0.25) is 5.89 Å². The van der Waals surface area contributed by atoms with E-state index in [9.17, 15) is 0 Å². The number of hydrogen-bond acceptors (Lipinski definition) is 5. The van der Waals surface area contributed by atoms with Gasteiger partial charge in [0.1, 0.15) is 5.76 Å². The highest BCUT2D eigenvalue weighted by molar-refractivity contribution is 7.16. The van der Waals surface area contributed by atoms with E-state index in [0.717, 1.165) is 10.1 Å². The lowest BCUT2D eigenvalue weighted by molar-refractivity contribution is 0.440. The Morgan fingerprint density at radius 3 is 2.85 bits per heavy atom. The maximum Gasteiger partial charge on any atom is 0.208 e. The molecule has 0 bridgehead atoms. The molecule has 6 heteroatoms. The molecule has 0 aliphatic carbocycles. The summed E-state index contributed by atoms with van der Waals surface area (Å²) in [6.07, 6.45) is 1.74. The van der Waals surface area contributed by atoms with Crippen molar-refractivity contribution in [3.05, 3.63) is 61.6 Å². The molecule has 0 aromatic carbocycles. The molecule has 3 aromatic heterocycles. The van der Waals surface area contributed by atoms with Gasteiger partial charge in [-0.3, -0.25) is 5.32 Å². The number of oxazole rings is 1. The summed E-state index contributed by atoms with van der Waals surface area (Å²) in [7, 11) is 0. The van der Waals surface area contributed by atoms with E-state index in [1.165, 1.54) is 9.75 Å². The second-order valence-corrected chi connectivity index (χ2v) is 7.06. The number of thiophene rings is 2. The SMILES string of the molecule is Cc1cnc(CNC(c2cccs2)c2ccc(Cl)s2)o1. The monoisotopic (exact) mass is 324 g/mol. The van der Waals surface area contributed by atoms with Crippen LogP contribution in [0.4, 0.5) is 0 Å². The fourth-order valence-electron chi connectivity index (χ4n) is 1.95. The first-order chi connectivity index (χ1) is 9.72. The lowest BCUT2D eigenvalue weighted by Gasteiger charge is -2.14. The average molecular weight is 325 g/mol. The summed E-state index contributed by atoms with van der Waals surface area (Å²) in [5, 5.41) is 5.57. The molecular weight excluding hydrogens is 312 g/mol. The fourth-order valence-corrected chi connectivity index (χ4v) is 4.00. The van der Waals surface area contributed by atoms with E-state index < -0.39 is 0 Å². The third-order valence-corrected chi connectivity index (χ3v) is 5.07. The first kappa shape index (κ1) is 13.8. The van der Waals surface area contributed by atoms with Crippen molar-refractivity contribution < 1.29 is 4.42 Å². The van der Waals surface area contributed by atoms with Crippen molar-refractivity contribution in [2.24, 2.45) is 0 Å². The molecular formula is C14H13ClN2OS2. The van der Waals surface area contributed by atoms with Gasteiger partial charge in [-0.05, 0) is 30.5 Å². The largest absolute Gasteiger partial charge is 0.445 e. The van der Waals surface area contributed by atoms with E-state index in [4.69, 9.17) is 16.0 Å². The van der Waals surface area contributed by atoms with Gasteiger partial charge in [-0.25, -0.2) is 4.98 Å². The smallest absolute Gasteiger partial charge is 0.208 e. The summed E-state index contributed by atoms with van der Waals surface area (Å²) in [4.78, 5) is 6.67. The number of nitrogens with one attached hydrogen (secondary N) is 1. The predicted molar refractivity (Wildman–Crippen MR) is 83.6 cm³/mol. The Labute approximate surface area is 130 Å². The lowest BCUT2D eigenvalue weighted by Crippen LogP contribution is -2.20. The standard InChI is InChI=1S/C14H13ClN2OS2/c1-9-7-16-13(18-9)8-17-14(10-3-2-6-19-10)11-4-5-12(15)20-11/h2-7,14,17H,8H2,1H3. The molecule has 0 fully saturated rings. The van der Waals surface area contributed by atoms with Gasteiger partial charge < -0.3 is 4.42 Å². The topological polar surface area (TPSA) is 38.1 Å². The molecule has 0 aliphatic heterocycles. The van der Waals surface area contributed by atoms with Crippen molar-refractivity contribution in [2.45, 2.75) is 19.5 Å². The highest BCUT2D eigenvalue weighted by Gasteiger charge is 2.17. The molecule has 0 aliphatic rings. The van der Waals surface area contributed by atoms with Crippen molar-refractivity contribution >= 4 is 34.3 Å². The zero-order chi connectivity index (χ0) is 13.9. The molecule has 3 nitrogen and oxygen atoms in total. The second kappa shape index (κ2) is 6.10. The van der Waals surface area contributed by atoms with Crippen LogP contribution in [0, 0.1) is 6.92 Å². The van der Waals surface area contributed by atoms with Crippen LogP contribution < -0.4 is 5.32 Å². The molecule has 0 radical (unpaired) electrons. The average Bonchev–Trinajstić information content (AvgIpc) is 3.13. The van der Waals surface area contributed by atoms with Gasteiger partial charge in [0.15, 0.2) is 0 Å². The van der Waals surface area contributed by atoms with E-state index in [-0.39, 0.29) is 6.04 Å². The van der Waals surface area contributed by atoms with E-state index in [1.54, 1.807) is 28.9 Å². The van der Waals surface area contributed by atoms with Gasteiger partial charge in [0.25, 0.3) is 0 Å².